The number of carbonyl (C=O) groups is 1. The van der Waals surface area contributed by atoms with Crippen molar-refractivity contribution in [1.29, 1.82) is 0 Å². The van der Waals surface area contributed by atoms with Crippen molar-refractivity contribution in [2.75, 3.05) is 27.4 Å². The van der Waals surface area contributed by atoms with Crippen LogP contribution in [-0.2, 0) is 29.0 Å². The summed E-state index contributed by atoms with van der Waals surface area (Å²) >= 11 is 0. The second-order valence-electron chi connectivity index (χ2n) is 12.4. The van der Waals surface area contributed by atoms with E-state index in [0.717, 1.165) is 33.4 Å². The number of para-hydroxylation sites is 1. The molecule has 0 saturated heterocycles. The van der Waals surface area contributed by atoms with E-state index in [1.54, 1.807) is 20.3 Å². The molecule has 11 heteroatoms. The minimum Gasteiger partial charge on any atom is -0.494 e. The monoisotopic (exact) mass is 711 g/mol. The summed E-state index contributed by atoms with van der Waals surface area (Å²) in [5, 5.41) is 16.1. The van der Waals surface area contributed by atoms with Crippen LogP contribution in [0.15, 0.2) is 131 Å². The Hall–Kier alpha value is -6.29. The summed E-state index contributed by atoms with van der Waals surface area (Å²) in [6.07, 6.45) is -0.187. The highest BCUT2D eigenvalue weighted by Crippen LogP contribution is 2.44. The molecule has 1 aliphatic rings. The van der Waals surface area contributed by atoms with Gasteiger partial charge in [0.2, 0.25) is 5.90 Å². The number of aliphatic hydroxyl groups is 1. The second-order valence-corrected chi connectivity index (χ2v) is 12.4. The molecule has 1 aliphatic heterocycles. The molecule has 6 rings (SSSR count). The molecule has 5 aromatic carbocycles. The summed E-state index contributed by atoms with van der Waals surface area (Å²) in [4.78, 5) is 23.1. The number of hydrogen-bond acceptors (Lipinski definition) is 8. The minimum absolute atomic E-state index is 0.0389. The number of benzene rings is 5. The number of carbonyl (C=O) groups excluding carboxylic acids is 1. The van der Waals surface area contributed by atoms with E-state index in [-0.39, 0.29) is 32.0 Å². The van der Waals surface area contributed by atoms with Crippen molar-refractivity contribution in [1.82, 2.24) is 5.32 Å². The van der Waals surface area contributed by atoms with Crippen molar-refractivity contribution < 1.29 is 28.8 Å². The first-order valence-electron chi connectivity index (χ1n) is 17.3. The first kappa shape index (κ1) is 36.5. The summed E-state index contributed by atoms with van der Waals surface area (Å²) in [5.41, 5.74) is 13.4. The van der Waals surface area contributed by atoms with Crippen LogP contribution in [0.3, 0.4) is 0 Å². The molecule has 1 heterocycles. The Kier molecular flexibility index (Phi) is 11.9. The maximum absolute atomic E-state index is 15.0. The normalized spacial score (nSPS) is 16.1. The molecule has 0 spiro atoms. The third kappa shape index (κ3) is 8.28. The zero-order chi connectivity index (χ0) is 37.0. The molecule has 5 aromatic rings. The van der Waals surface area contributed by atoms with Crippen molar-refractivity contribution in [3.05, 3.63) is 160 Å². The minimum atomic E-state index is -1.50. The predicted molar refractivity (Wildman–Crippen MR) is 203 cm³/mol. The molecular weight excluding hydrogens is 670 g/mol. The van der Waals surface area contributed by atoms with Crippen molar-refractivity contribution in [3.63, 3.8) is 0 Å². The van der Waals surface area contributed by atoms with Gasteiger partial charge in [-0.15, -0.1) is 0 Å². The van der Waals surface area contributed by atoms with Gasteiger partial charge in [-0.25, -0.2) is 4.99 Å². The Labute approximate surface area is 308 Å². The Morgan fingerprint density at radius 2 is 1.53 bits per heavy atom. The largest absolute Gasteiger partial charge is 0.494 e. The molecule has 0 radical (unpaired) electrons. The molecule has 270 valence electrons. The summed E-state index contributed by atoms with van der Waals surface area (Å²) in [6.45, 7) is 0.658. The highest BCUT2D eigenvalue weighted by Gasteiger charge is 2.53. The zero-order valence-electron chi connectivity index (χ0n) is 29.6. The smallest absolute Gasteiger partial charge is 0.252 e. The number of azide groups is 1. The Bertz CT molecular complexity index is 2080. The van der Waals surface area contributed by atoms with Gasteiger partial charge in [0.05, 0.1) is 27.4 Å². The first-order valence-corrected chi connectivity index (χ1v) is 17.3. The number of rotatable bonds is 16. The van der Waals surface area contributed by atoms with Crippen LogP contribution in [0.5, 0.6) is 17.2 Å². The molecule has 0 saturated carbocycles. The van der Waals surface area contributed by atoms with Crippen LogP contribution in [-0.4, -0.2) is 49.9 Å². The quantitative estimate of drug-likeness (QED) is 0.0463. The molecular formula is C42H41N5O6. The molecule has 53 heavy (non-hydrogen) atoms. The zero-order valence-corrected chi connectivity index (χ0v) is 29.6. The topological polar surface area (TPSA) is 147 Å². The van der Waals surface area contributed by atoms with Gasteiger partial charge < -0.3 is 29.4 Å². The van der Waals surface area contributed by atoms with Gasteiger partial charge in [-0.2, -0.15) is 0 Å². The lowest BCUT2D eigenvalue weighted by Gasteiger charge is -2.31. The van der Waals surface area contributed by atoms with E-state index in [0.29, 0.717) is 41.7 Å². The van der Waals surface area contributed by atoms with Crippen LogP contribution in [0.4, 0.5) is 0 Å². The maximum Gasteiger partial charge on any atom is 0.252 e. The van der Waals surface area contributed by atoms with E-state index in [4.69, 9.17) is 34.6 Å². The van der Waals surface area contributed by atoms with Crippen LogP contribution in [0.2, 0.25) is 0 Å². The Balaban J connectivity index is 1.45. The fraction of sp³-hybridized carbons (Fsp3) is 0.238. The number of nitrogens with zero attached hydrogens (tertiary/aromatic N) is 4. The highest BCUT2D eigenvalue weighted by atomic mass is 16.5. The van der Waals surface area contributed by atoms with Crippen LogP contribution < -0.4 is 19.5 Å². The highest BCUT2D eigenvalue weighted by molar-refractivity contribution is 6.01. The number of aliphatic imine (C=N–C) groups is 1. The molecule has 0 aromatic heterocycles. The van der Waals surface area contributed by atoms with Crippen molar-refractivity contribution in [3.8, 4) is 28.4 Å². The van der Waals surface area contributed by atoms with E-state index in [1.807, 2.05) is 115 Å². The van der Waals surface area contributed by atoms with E-state index in [2.05, 4.69) is 15.3 Å². The number of ether oxygens (including phenoxy) is 4. The lowest BCUT2D eigenvalue weighted by molar-refractivity contribution is -0.129. The Morgan fingerprint density at radius 1 is 0.849 bits per heavy atom. The van der Waals surface area contributed by atoms with Gasteiger partial charge in [-0.3, -0.25) is 4.79 Å². The van der Waals surface area contributed by atoms with Gasteiger partial charge in [0.25, 0.3) is 5.91 Å². The number of nitrogens with one attached hydrogen (secondary N) is 1. The summed E-state index contributed by atoms with van der Waals surface area (Å²) in [5.74, 6) is 1.63. The number of amides is 1. The molecule has 0 unspecified atom stereocenters. The first-order chi connectivity index (χ1) is 26.0. The van der Waals surface area contributed by atoms with Gasteiger partial charge in [0, 0.05) is 42.0 Å². The molecule has 0 aliphatic carbocycles. The van der Waals surface area contributed by atoms with Gasteiger partial charge in [-0.1, -0.05) is 96.1 Å². The SMILES string of the molecule is COc1cccc(CNC(=O)[C@]2(Cc3ccccc3CN=[N+]=[N-])N=C(c3ccc(OCCCO)cc3)O[C@@H]2c2ccc(-c3ccccc3)cc2)c1OC. The molecule has 2 N–H and O–H groups in total. The van der Waals surface area contributed by atoms with E-state index < -0.39 is 11.6 Å². The van der Waals surface area contributed by atoms with Crippen LogP contribution >= 0.6 is 0 Å². The van der Waals surface area contributed by atoms with Crippen LogP contribution in [0.1, 0.15) is 40.3 Å². The standard InChI is InChI=1S/C42H41N5O6/c1-50-37-15-8-14-35(38(37)51-2)27-44-41(49)42(26-33-12-6-7-13-34(33)28-45-47-43)39(31-18-16-30(17-19-31)29-10-4-3-5-11-29)53-40(46-42)32-20-22-36(23-21-32)52-25-9-24-48/h3-8,10-23,39,48H,9,24-28H2,1-2H3,(H,44,49)/t39-,42-/m1/s1. The predicted octanol–water partition coefficient (Wildman–Crippen LogP) is 7.76. The molecule has 2 atom stereocenters. The van der Waals surface area contributed by atoms with Crippen molar-refractivity contribution in [2.45, 2.75) is 37.6 Å². The number of aliphatic hydroxyl groups excluding tert-OH is 1. The number of hydrogen-bond donors (Lipinski definition) is 2. The van der Waals surface area contributed by atoms with Crippen molar-refractivity contribution >= 4 is 11.8 Å². The number of methoxy groups -OCH3 is 2. The van der Waals surface area contributed by atoms with Crippen LogP contribution in [0, 0.1) is 0 Å². The molecule has 11 nitrogen and oxygen atoms in total. The maximum atomic E-state index is 15.0. The lowest BCUT2D eigenvalue weighted by atomic mass is 9.80. The molecule has 0 fully saturated rings. The Morgan fingerprint density at radius 3 is 2.23 bits per heavy atom. The second kappa shape index (κ2) is 17.3. The third-order valence-electron chi connectivity index (χ3n) is 9.16. The van der Waals surface area contributed by atoms with E-state index >= 15 is 0 Å². The fourth-order valence-electron chi connectivity index (χ4n) is 6.47. The lowest BCUT2D eigenvalue weighted by Crippen LogP contribution is -2.49. The molecule has 1 amide bonds. The summed E-state index contributed by atoms with van der Waals surface area (Å²) in [7, 11) is 3.13. The van der Waals surface area contributed by atoms with Crippen molar-refractivity contribution in [2.24, 2.45) is 10.1 Å². The fourth-order valence-corrected chi connectivity index (χ4v) is 6.47. The van der Waals surface area contributed by atoms with Gasteiger partial charge in [-0.05, 0) is 63.7 Å². The third-order valence-corrected chi connectivity index (χ3v) is 9.16. The van der Waals surface area contributed by atoms with Crippen LogP contribution in [0.25, 0.3) is 21.6 Å². The van der Waals surface area contributed by atoms with Gasteiger partial charge in [0.1, 0.15) is 5.75 Å². The average Bonchev–Trinajstić information content (AvgIpc) is 3.60. The van der Waals surface area contributed by atoms with E-state index in [9.17, 15) is 4.79 Å². The summed E-state index contributed by atoms with van der Waals surface area (Å²) < 4.78 is 23.7. The van der Waals surface area contributed by atoms with E-state index in [1.165, 1.54) is 0 Å². The average molecular weight is 712 g/mol. The molecule has 0 bridgehead atoms. The van der Waals surface area contributed by atoms with Gasteiger partial charge in [0.15, 0.2) is 23.1 Å². The summed E-state index contributed by atoms with van der Waals surface area (Å²) in [6, 6.07) is 38.4. The van der Waals surface area contributed by atoms with Gasteiger partial charge >= 0.3 is 0 Å².